The molecule has 1 aromatic heterocycles. The Bertz CT molecular complexity index is 518. The van der Waals surface area contributed by atoms with E-state index in [1.807, 2.05) is 0 Å². The van der Waals surface area contributed by atoms with E-state index in [1.54, 1.807) is 0 Å². The van der Waals surface area contributed by atoms with Gasteiger partial charge in [0.15, 0.2) is 5.69 Å². The van der Waals surface area contributed by atoms with E-state index >= 15 is 0 Å². The van der Waals surface area contributed by atoms with Gasteiger partial charge in [0.1, 0.15) is 5.82 Å². The molecule has 0 aliphatic carbocycles. The van der Waals surface area contributed by atoms with Gasteiger partial charge >= 0.3 is 5.97 Å². The molecule has 0 spiro atoms. The Morgan fingerprint density at radius 1 is 1.43 bits per heavy atom. The zero-order chi connectivity index (χ0) is 10.3. The van der Waals surface area contributed by atoms with Crippen LogP contribution >= 0.6 is 0 Å². The van der Waals surface area contributed by atoms with Gasteiger partial charge in [0.25, 0.3) is 0 Å². The van der Waals surface area contributed by atoms with Gasteiger partial charge in [-0.15, -0.1) is 0 Å². The molecule has 72 valence electrons. The average Bonchev–Trinajstić information content (AvgIpc) is 2.46. The molecule has 0 aliphatic rings. The number of halogens is 1. The third-order valence-electron chi connectivity index (χ3n) is 1.99. The Morgan fingerprint density at radius 3 is 2.71 bits per heavy atom. The highest BCUT2D eigenvalue weighted by Crippen LogP contribution is 2.21. The lowest BCUT2D eigenvalue weighted by molar-refractivity contribution is 0.0649. The van der Waals surface area contributed by atoms with E-state index in [0.29, 0.717) is 4.73 Å². The van der Waals surface area contributed by atoms with Crippen LogP contribution in [-0.4, -0.2) is 21.0 Å². The number of fused-ring (bicyclic) bond motifs is 1. The summed E-state index contributed by atoms with van der Waals surface area (Å²) in [4.78, 5) is 10.6. The Kier molecular flexibility index (Phi) is 1.67. The molecule has 0 atom stereocenters. The number of benzene rings is 1. The van der Waals surface area contributed by atoms with Crippen LogP contribution < -0.4 is 0 Å². The smallest absolute Gasteiger partial charge is 0.356 e. The van der Waals surface area contributed by atoms with E-state index in [-0.39, 0.29) is 16.6 Å². The van der Waals surface area contributed by atoms with Crippen LogP contribution in [0.2, 0.25) is 0 Å². The minimum atomic E-state index is -1.30. The van der Waals surface area contributed by atoms with E-state index in [4.69, 9.17) is 5.11 Å². The van der Waals surface area contributed by atoms with Gasteiger partial charge in [-0.25, -0.2) is 9.18 Å². The number of carboxylic acids is 1. The molecule has 14 heavy (non-hydrogen) atoms. The third kappa shape index (κ3) is 1.02. The minimum Gasteiger partial charge on any atom is -0.476 e. The normalized spacial score (nSPS) is 10.6. The molecule has 2 aromatic rings. The molecule has 0 unspecified atom stereocenters. The Hall–Kier alpha value is -2.04. The van der Waals surface area contributed by atoms with Crippen molar-refractivity contribution in [2.75, 3.05) is 0 Å². The van der Waals surface area contributed by atoms with Gasteiger partial charge in [0.2, 0.25) is 0 Å². The highest BCUT2D eigenvalue weighted by molar-refractivity contribution is 5.94. The van der Waals surface area contributed by atoms with Crippen LogP contribution in [0.15, 0.2) is 24.3 Å². The van der Waals surface area contributed by atoms with Crippen LogP contribution in [-0.2, 0) is 0 Å². The third-order valence-corrected chi connectivity index (χ3v) is 1.99. The average molecular weight is 195 g/mol. The molecule has 2 rings (SSSR count). The molecule has 5 heteroatoms. The van der Waals surface area contributed by atoms with Gasteiger partial charge in [-0.3, -0.25) is 0 Å². The van der Waals surface area contributed by atoms with Crippen molar-refractivity contribution >= 4 is 16.9 Å². The van der Waals surface area contributed by atoms with Crippen molar-refractivity contribution < 1.29 is 19.5 Å². The molecular weight excluding hydrogens is 189 g/mol. The number of aromatic nitrogens is 1. The van der Waals surface area contributed by atoms with Crippen LogP contribution in [0.25, 0.3) is 10.9 Å². The summed E-state index contributed by atoms with van der Waals surface area (Å²) < 4.78 is 13.6. The predicted octanol–water partition coefficient (Wildman–Crippen LogP) is 1.72. The molecule has 1 heterocycles. The number of nitrogens with zero attached hydrogens (tertiary/aromatic N) is 1. The quantitative estimate of drug-likeness (QED) is 0.681. The zero-order valence-electron chi connectivity index (χ0n) is 6.94. The maximum atomic E-state index is 13.1. The number of hydrogen-bond acceptors (Lipinski definition) is 2. The first kappa shape index (κ1) is 8.55. The first-order chi connectivity index (χ1) is 6.61. The number of carbonyl (C=O) groups is 1. The molecule has 0 radical (unpaired) electrons. The fourth-order valence-electron chi connectivity index (χ4n) is 1.33. The number of hydrogen-bond donors (Lipinski definition) is 2. The lowest BCUT2D eigenvalue weighted by atomic mass is 10.2. The predicted molar refractivity (Wildman–Crippen MR) is 46.0 cm³/mol. The van der Waals surface area contributed by atoms with Crippen molar-refractivity contribution in [2.45, 2.75) is 0 Å². The second kappa shape index (κ2) is 2.73. The van der Waals surface area contributed by atoms with Crippen molar-refractivity contribution in [1.29, 1.82) is 0 Å². The Morgan fingerprint density at radius 2 is 2.14 bits per heavy atom. The van der Waals surface area contributed by atoms with Crippen LogP contribution in [0.1, 0.15) is 10.5 Å². The standard InChI is InChI=1S/C9H6FNO3/c10-6-2-1-3-7-5(6)4-8(9(12)13)11(7)14/h1-4,14H,(H,12,13). The van der Waals surface area contributed by atoms with Crippen molar-refractivity contribution in [3.63, 3.8) is 0 Å². The minimum absolute atomic E-state index is 0.0902. The van der Waals surface area contributed by atoms with Crippen LogP contribution in [0.4, 0.5) is 4.39 Å². The Balaban J connectivity index is 2.86. The highest BCUT2D eigenvalue weighted by Gasteiger charge is 2.15. The van der Waals surface area contributed by atoms with Crippen molar-refractivity contribution in [3.8, 4) is 0 Å². The molecule has 0 saturated heterocycles. The van der Waals surface area contributed by atoms with Crippen molar-refractivity contribution in [2.24, 2.45) is 0 Å². The molecule has 0 bridgehead atoms. The summed E-state index contributed by atoms with van der Waals surface area (Å²) in [6.45, 7) is 0. The number of aromatic carboxylic acids is 1. The molecule has 0 amide bonds. The molecule has 0 saturated carbocycles. The fourth-order valence-corrected chi connectivity index (χ4v) is 1.33. The maximum absolute atomic E-state index is 13.1. The lowest BCUT2D eigenvalue weighted by Crippen LogP contribution is -2.04. The molecule has 4 nitrogen and oxygen atoms in total. The van der Waals surface area contributed by atoms with E-state index in [1.165, 1.54) is 18.2 Å². The first-order valence-electron chi connectivity index (χ1n) is 3.84. The summed E-state index contributed by atoms with van der Waals surface area (Å²) in [7, 11) is 0. The van der Waals surface area contributed by atoms with E-state index in [0.717, 1.165) is 6.07 Å². The van der Waals surface area contributed by atoms with Gasteiger partial charge in [0.05, 0.1) is 5.52 Å². The van der Waals surface area contributed by atoms with Gasteiger partial charge in [-0.1, -0.05) is 6.07 Å². The molecular formula is C9H6FNO3. The van der Waals surface area contributed by atoms with E-state index in [9.17, 15) is 14.4 Å². The zero-order valence-corrected chi connectivity index (χ0v) is 6.94. The van der Waals surface area contributed by atoms with Gasteiger partial charge < -0.3 is 10.3 Å². The highest BCUT2D eigenvalue weighted by atomic mass is 19.1. The maximum Gasteiger partial charge on any atom is 0.356 e. The lowest BCUT2D eigenvalue weighted by Gasteiger charge is -1.96. The molecule has 0 aliphatic heterocycles. The summed E-state index contributed by atoms with van der Waals surface area (Å²) in [6.07, 6.45) is 0. The van der Waals surface area contributed by atoms with Crippen LogP contribution in [0.5, 0.6) is 0 Å². The van der Waals surface area contributed by atoms with Crippen LogP contribution in [0, 0.1) is 5.82 Å². The molecule has 2 N–H and O–H groups in total. The SMILES string of the molecule is O=C(O)c1cc2c(F)cccc2n1O. The van der Waals surface area contributed by atoms with E-state index in [2.05, 4.69) is 0 Å². The largest absolute Gasteiger partial charge is 0.476 e. The van der Waals surface area contributed by atoms with Crippen molar-refractivity contribution in [3.05, 3.63) is 35.8 Å². The van der Waals surface area contributed by atoms with Crippen LogP contribution in [0.3, 0.4) is 0 Å². The number of rotatable bonds is 1. The van der Waals surface area contributed by atoms with E-state index < -0.39 is 11.8 Å². The molecule has 1 aromatic carbocycles. The molecule has 0 fully saturated rings. The monoisotopic (exact) mass is 195 g/mol. The summed E-state index contributed by atoms with van der Waals surface area (Å²) in [5.41, 5.74) is -0.215. The summed E-state index contributed by atoms with van der Waals surface area (Å²) in [6, 6.07) is 5.13. The first-order valence-corrected chi connectivity index (χ1v) is 3.84. The topological polar surface area (TPSA) is 62.5 Å². The summed E-state index contributed by atoms with van der Waals surface area (Å²) in [5.74, 6) is -1.86. The fraction of sp³-hybridized carbons (Fsp3) is 0. The van der Waals surface area contributed by atoms with Gasteiger partial charge in [-0.05, 0) is 18.2 Å². The Labute approximate surface area is 77.8 Å². The van der Waals surface area contributed by atoms with Crippen molar-refractivity contribution in [1.82, 2.24) is 4.73 Å². The second-order valence-electron chi connectivity index (χ2n) is 2.82. The summed E-state index contributed by atoms with van der Waals surface area (Å²) >= 11 is 0. The number of carboxylic acid groups (broad SMARTS) is 1. The summed E-state index contributed by atoms with van der Waals surface area (Å²) in [5, 5.41) is 18.1. The second-order valence-corrected chi connectivity index (χ2v) is 2.82. The van der Waals surface area contributed by atoms with Gasteiger partial charge in [-0.2, -0.15) is 4.73 Å². The van der Waals surface area contributed by atoms with Gasteiger partial charge in [0, 0.05) is 5.39 Å².